The minimum atomic E-state index is -1.33. The molecule has 0 aromatic carbocycles. The van der Waals surface area contributed by atoms with Crippen molar-refractivity contribution in [3.05, 3.63) is 6.92 Å². The maximum atomic E-state index is 12.1. The second-order valence-corrected chi connectivity index (χ2v) is 1.85. The Hall–Kier alpha value is -0.400. The first-order valence-corrected chi connectivity index (χ1v) is 2.61. The molecule has 0 bridgehead atoms. The zero-order valence-electron chi connectivity index (χ0n) is 4.93. The van der Waals surface area contributed by atoms with Crippen molar-refractivity contribution in [2.75, 3.05) is 0 Å². The van der Waals surface area contributed by atoms with Crippen LogP contribution < -0.4 is 0 Å². The van der Waals surface area contributed by atoms with E-state index >= 15 is 0 Å². The molecular formula is C6H10FO. The molecule has 0 saturated heterocycles. The van der Waals surface area contributed by atoms with E-state index in [4.69, 9.17) is 0 Å². The summed E-state index contributed by atoms with van der Waals surface area (Å²) in [6.45, 7) is 5.11. The third-order valence-corrected chi connectivity index (χ3v) is 1.13. The Bertz CT molecular complexity index is 72.9. The highest BCUT2D eigenvalue weighted by atomic mass is 19.1. The van der Waals surface area contributed by atoms with E-state index in [0.29, 0.717) is 12.7 Å². The lowest BCUT2D eigenvalue weighted by atomic mass is 10.1. The van der Waals surface area contributed by atoms with Crippen molar-refractivity contribution in [2.45, 2.75) is 19.5 Å². The van der Waals surface area contributed by atoms with Crippen molar-refractivity contribution in [1.29, 1.82) is 0 Å². The van der Waals surface area contributed by atoms with Gasteiger partial charge < -0.3 is 4.79 Å². The van der Waals surface area contributed by atoms with Gasteiger partial charge in [-0.1, -0.05) is 13.8 Å². The summed E-state index contributed by atoms with van der Waals surface area (Å²) in [5, 5.41) is 0. The molecule has 1 radical (unpaired) electrons. The van der Waals surface area contributed by atoms with Gasteiger partial charge in [0.1, 0.15) is 0 Å². The molecule has 47 valence electrons. The van der Waals surface area contributed by atoms with Crippen molar-refractivity contribution in [1.82, 2.24) is 0 Å². The first kappa shape index (κ1) is 7.60. The van der Waals surface area contributed by atoms with Gasteiger partial charge >= 0.3 is 0 Å². The molecule has 2 unspecified atom stereocenters. The molecule has 0 aromatic rings. The summed E-state index contributed by atoms with van der Waals surface area (Å²) in [6, 6.07) is 0. The highest BCUT2D eigenvalue weighted by Gasteiger charge is 2.11. The molecule has 0 aromatic heterocycles. The van der Waals surface area contributed by atoms with Crippen LogP contribution in [-0.4, -0.2) is 12.5 Å². The zero-order chi connectivity index (χ0) is 6.57. The number of carbonyl (C=O) groups is 1. The second kappa shape index (κ2) is 3.58. The predicted octanol–water partition coefficient (Wildman–Crippen LogP) is 1.38. The van der Waals surface area contributed by atoms with Gasteiger partial charge in [0.05, 0.1) is 0 Å². The van der Waals surface area contributed by atoms with E-state index < -0.39 is 6.17 Å². The Labute approximate surface area is 48.9 Å². The third kappa shape index (κ3) is 2.05. The van der Waals surface area contributed by atoms with E-state index in [2.05, 4.69) is 6.92 Å². The minimum absolute atomic E-state index is 0.229. The topological polar surface area (TPSA) is 17.1 Å². The summed E-state index contributed by atoms with van der Waals surface area (Å²) in [4.78, 5) is 9.70. The van der Waals surface area contributed by atoms with Crippen molar-refractivity contribution in [2.24, 2.45) is 5.92 Å². The lowest BCUT2D eigenvalue weighted by molar-refractivity contribution is -0.113. The standard InChI is InChI=1S/C6H10FO/c1-3-5(2)6(7)4-8/h4-6H,1,3H2,2H3. The zero-order valence-corrected chi connectivity index (χ0v) is 4.93. The summed E-state index contributed by atoms with van der Waals surface area (Å²) in [5.41, 5.74) is 0. The van der Waals surface area contributed by atoms with E-state index in [0.717, 1.165) is 0 Å². The monoisotopic (exact) mass is 117 g/mol. The Morgan fingerprint density at radius 1 is 1.88 bits per heavy atom. The Morgan fingerprint density at radius 3 is 2.50 bits per heavy atom. The molecule has 0 heterocycles. The number of hydrogen-bond acceptors (Lipinski definition) is 1. The Kier molecular flexibility index (Phi) is 3.40. The molecule has 0 amide bonds. The van der Waals surface area contributed by atoms with Crippen LogP contribution in [0.3, 0.4) is 0 Å². The largest absolute Gasteiger partial charge is 0.300 e. The Balaban J connectivity index is 3.44. The van der Waals surface area contributed by atoms with Gasteiger partial charge in [0.15, 0.2) is 12.5 Å². The van der Waals surface area contributed by atoms with E-state index in [1.165, 1.54) is 0 Å². The number of alkyl halides is 1. The van der Waals surface area contributed by atoms with Gasteiger partial charge in [-0.25, -0.2) is 4.39 Å². The number of carbonyl (C=O) groups excluding carboxylic acids is 1. The van der Waals surface area contributed by atoms with Gasteiger partial charge in [-0.05, 0) is 12.3 Å². The molecule has 8 heavy (non-hydrogen) atoms. The first-order chi connectivity index (χ1) is 3.72. The summed E-state index contributed by atoms with van der Waals surface area (Å²) >= 11 is 0. The van der Waals surface area contributed by atoms with Crippen LogP contribution in [-0.2, 0) is 4.79 Å². The lowest BCUT2D eigenvalue weighted by Gasteiger charge is -2.05. The fourth-order valence-electron chi connectivity index (χ4n) is 0.293. The first-order valence-electron chi connectivity index (χ1n) is 2.61. The van der Waals surface area contributed by atoms with Crippen LogP contribution in [0.15, 0.2) is 0 Å². The van der Waals surface area contributed by atoms with E-state index in [-0.39, 0.29) is 5.92 Å². The van der Waals surface area contributed by atoms with Crippen LogP contribution in [0.25, 0.3) is 0 Å². The maximum Gasteiger partial charge on any atom is 0.158 e. The molecule has 0 spiro atoms. The smallest absolute Gasteiger partial charge is 0.158 e. The minimum Gasteiger partial charge on any atom is -0.300 e. The molecule has 2 atom stereocenters. The number of hydrogen-bond donors (Lipinski definition) is 0. The quantitative estimate of drug-likeness (QED) is 0.510. The second-order valence-electron chi connectivity index (χ2n) is 1.85. The highest BCUT2D eigenvalue weighted by molar-refractivity contribution is 5.56. The average Bonchev–Trinajstić information content (AvgIpc) is 1.84. The number of halogens is 1. The van der Waals surface area contributed by atoms with E-state index in [1.807, 2.05) is 0 Å². The summed E-state index contributed by atoms with van der Waals surface area (Å²) in [6.07, 6.45) is -0.539. The molecule has 0 saturated carbocycles. The lowest BCUT2D eigenvalue weighted by Crippen LogP contribution is -2.12. The van der Waals surface area contributed by atoms with Gasteiger partial charge in [-0.15, -0.1) is 0 Å². The van der Waals surface area contributed by atoms with Crippen molar-refractivity contribution in [3.8, 4) is 0 Å². The van der Waals surface area contributed by atoms with Gasteiger partial charge in [0, 0.05) is 0 Å². The van der Waals surface area contributed by atoms with Crippen molar-refractivity contribution >= 4 is 6.29 Å². The molecule has 0 fully saturated rings. The molecule has 2 heteroatoms. The van der Waals surface area contributed by atoms with Gasteiger partial charge in [0.25, 0.3) is 0 Å². The average molecular weight is 117 g/mol. The SMILES string of the molecule is [CH2]CC(C)C(F)C=O. The Morgan fingerprint density at radius 2 is 2.38 bits per heavy atom. The molecule has 0 aliphatic carbocycles. The summed E-state index contributed by atoms with van der Waals surface area (Å²) in [5.74, 6) is -0.229. The molecule has 0 rings (SSSR count). The van der Waals surface area contributed by atoms with Crippen molar-refractivity contribution < 1.29 is 9.18 Å². The highest BCUT2D eigenvalue weighted by Crippen LogP contribution is 2.07. The third-order valence-electron chi connectivity index (χ3n) is 1.13. The van der Waals surface area contributed by atoms with Crippen LogP contribution in [0.2, 0.25) is 0 Å². The van der Waals surface area contributed by atoms with Crippen molar-refractivity contribution in [3.63, 3.8) is 0 Å². The van der Waals surface area contributed by atoms with Gasteiger partial charge in [-0.3, -0.25) is 0 Å². The molecule has 0 aliphatic heterocycles. The van der Waals surface area contributed by atoms with E-state index in [9.17, 15) is 9.18 Å². The molecule has 1 nitrogen and oxygen atoms in total. The molecular weight excluding hydrogens is 107 g/mol. The van der Waals surface area contributed by atoms with Crippen LogP contribution in [0, 0.1) is 12.8 Å². The van der Waals surface area contributed by atoms with Gasteiger partial charge in [-0.2, -0.15) is 0 Å². The maximum absolute atomic E-state index is 12.1. The molecule has 0 N–H and O–H groups in total. The van der Waals surface area contributed by atoms with Crippen LogP contribution in [0.4, 0.5) is 4.39 Å². The number of rotatable bonds is 3. The fraction of sp³-hybridized carbons (Fsp3) is 0.667. The van der Waals surface area contributed by atoms with E-state index in [1.54, 1.807) is 6.92 Å². The predicted molar refractivity (Wildman–Crippen MR) is 30.1 cm³/mol. The van der Waals surface area contributed by atoms with Crippen LogP contribution in [0.5, 0.6) is 0 Å². The normalized spacial score (nSPS) is 17.4. The molecule has 0 aliphatic rings. The fourth-order valence-corrected chi connectivity index (χ4v) is 0.293. The number of aldehydes is 1. The summed E-state index contributed by atoms with van der Waals surface area (Å²) in [7, 11) is 0. The van der Waals surface area contributed by atoms with Crippen LogP contribution >= 0.6 is 0 Å². The van der Waals surface area contributed by atoms with Gasteiger partial charge in [0.2, 0.25) is 0 Å². The summed E-state index contributed by atoms with van der Waals surface area (Å²) < 4.78 is 12.1. The van der Waals surface area contributed by atoms with Crippen LogP contribution in [0.1, 0.15) is 13.3 Å².